The number of phosphoric acid groups is 1. The van der Waals surface area contributed by atoms with Crippen LogP contribution in [0, 0.1) is 0 Å². The molecule has 0 aromatic carbocycles. The second-order valence-corrected chi connectivity index (χ2v) is 2.09. The van der Waals surface area contributed by atoms with Gasteiger partial charge < -0.3 is 18.3 Å². The monoisotopic (exact) mass is 404 g/mol. The van der Waals surface area contributed by atoms with Gasteiger partial charge in [-0.1, -0.05) is 0 Å². The summed E-state index contributed by atoms with van der Waals surface area (Å²) in [5.41, 5.74) is 0. The Balaban J connectivity index is -0.00000000347. The van der Waals surface area contributed by atoms with Crippen molar-refractivity contribution in [2.45, 2.75) is 0 Å². The zero-order chi connectivity index (χ0) is 5.21. The minimum absolute atomic E-state index is 0. The summed E-state index contributed by atoms with van der Waals surface area (Å²) >= 11 is 4.21. The molecule has 0 aliphatic heterocycles. The summed E-state index contributed by atoms with van der Waals surface area (Å²) in [7, 11) is -4.38. The van der Waals surface area contributed by atoms with E-state index in [9.17, 15) is 4.57 Å². The quantitative estimate of drug-likeness (QED) is 0.469. The fourth-order valence-corrected chi connectivity index (χ4v) is 0. The van der Waals surface area contributed by atoms with Crippen LogP contribution in [-0.2, 0) is 8.64 Å². The van der Waals surface area contributed by atoms with Crippen LogP contribution in [-0.4, -0.2) is 142 Å². The summed E-state index contributed by atoms with van der Waals surface area (Å²) in [6.07, 6.45) is 0. The van der Waals surface area contributed by atoms with Gasteiger partial charge in [-0.2, -0.15) is 4.08 Å². The maximum absolute atomic E-state index is 9.34. The first-order valence-corrected chi connectivity index (χ1v) is 2.76. The Bertz CT molecular complexity index is 99.2. The number of hydrogen-bond acceptors (Lipinski definition) is 2. The molecule has 0 aromatic rings. The molecule has 0 aliphatic carbocycles. The van der Waals surface area contributed by atoms with Gasteiger partial charge in [0.15, 0.2) is 0 Å². The number of hydrogen-bond donors (Lipinski definition) is 2. The molecule has 0 rings (SSSR count). The van der Waals surface area contributed by atoms with Crippen molar-refractivity contribution in [3.05, 3.63) is 0 Å². The van der Waals surface area contributed by atoms with Crippen LogP contribution in [0.5, 0.6) is 0 Å². The van der Waals surface area contributed by atoms with Crippen molar-refractivity contribution in [3.63, 3.8) is 0 Å². The van der Waals surface area contributed by atoms with Gasteiger partial charge in [-0.3, -0.25) is 0 Å². The van der Waals surface area contributed by atoms with Crippen molar-refractivity contribution >= 4 is 152 Å². The van der Waals surface area contributed by atoms with Gasteiger partial charge in [-0.25, -0.2) is 4.57 Å². The van der Waals surface area contributed by atoms with Gasteiger partial charge in [0.05, 0.1) is 11.9 Å². The molecule has 0 saturated heterocycles. The molecule has 0 radical (unpaired) electrons. The van der Waals surface area contributed by atoms with Crippen LogP contribution in [0.25, 0.3) is 0 Å². The molecule has 4 nitrogen and oxygen atoms in total. The second-order valence-electron chi connectivity index (χ2n) is 0.560. The third-order valence-electron chi connectivity index (χ3n) is 0.0899. The summed E-state index contributed by atoms with van der Waals surface area (Å²) < 4.78 is 12.4. The van der Waals surface area contributed by atoms with E-state index in [-0.39, 0.29) is 141 Å². The minimum Gasteiger partial charge on any atom is -1.00 e. The van der Waals surface area contributed by atoms with E-state index in [1.165, 1.54) is 0 Å². The minimum atomic E-state index is -4.38. The largest absolute Gasteiger partial charge is 2.00 e. The fourth-order valence-electron chi connectivity index (χ4n) is 0. The molecule has 50 valence electrons. The van der Waals surface area contributed by atoms with Crippen molar-refractivity contribution in [1.29, 1.82) is 0 Å². The molecular formula is H8BaCaClO4PSr. The molecule has 2 N–H and O–H groups in total. The summed E-state index contributed by atoms with van der Waals surface area (Å²) in [6, 6.07) is 0. The van der Waals surface area contributed by atoms with Gasteiger partial charge in [0.1, 0.15) is 0 Å². The molecule has 0 fully saturated rings. The zero-order valence-corrected chi connectivity index (χ0v) is 16.4. The Morgan fingerprint density at radius 1 is 1.56 bits per heavy atom. The SMILES string of the molecule is O=P(O)(O)OCl.[Ba+2].[Ca+2].[H-].[H-].[H-].[H-].[H-].[H-].[Sr+2]. The van der Waals surface area contributed by atoms with E-state index in [1.54, 1.807) is 0 Å². The molecule has 0 spiro atoms. The first-order valence-electron chi connectivity index (χ1n) is 0.919. The summed E-state index contributed by atoms with van der Waals surface area (Å²) in [6.45, 7) is 0. The van der Waals surface area contributed by atoms with Crippen LogP contribution in [0.2, 0.25) is 0 Å². The molecule has 0 atom stereocenters. The fraction of sp³-hybridized carbons (Fsp3) is 0. The van der Waals surface area contributed by atoms with E-state index in [0.717, 1.165) is 0 Å². The van der Waals surface area contributed by atoms with Crippen molar-refractivity contribution in [1.82, 2.24) is 0 Å². The van der Waals surface area contributed by atoms with Gasteiger partial charge in [0.25, 0.3) is 0 Å². The maximum Gasteiger partial charge on any atom is 2.00 e. The standard InChI is InChI=1S/Ba.Ca.ClH2O4P.Sr.6H/c;;1-5-6(2,3)4;;;;;;;/h;;(H2,2,3,4);;;;;;;/q2*+2;;+2;6*-1. The summed E-state index contributed by atoms with van der Waals surface area (Å²) in [4.78, 5) is 15.2. The molecule has 0 saturated carbocycles. The predicted molar refractivity (Wildman–Crippen MR) is 42.9 cm³/mol. The zero-order valence-electron chi connectivity index (χ0n) is 10.7. The first kappa shape index (κ1) is 23.5. The average molecular weight is 404 g/mol. The van der Waals surface area contributed by atoms with Crippen LogP contribution in [0.3, 0.4) is 0 Å². The molecule has 0 aliphatic rings. The topological polar surface area (TPSA) is 66.8 Å². The smallest absolute Gasteiger partial charge is 1.00 e. The van der Waals surface area contributed by atoms with Gasteiger partial charge in [0.2, 0.25) is 0 Å². The van der Waals surface area contributed by atoms with E-state index < -0.39 is 7.82 Å². The number of halogens is 1. The van der Waals surface area contributed by atoms with Gasteiger partial charge >= 0.3 is 140 Å². The predicted octanol–water partition coefficient (Wildman–Crippen LogP) is -0.218. The van der Waals surface area contributed by atoms with E-state index >= 15 is 0 Å². The molecule has 9 heteroatoms. The molecule has 0 heterocycles. The first-order chi connectivity index (χ1) is 2.56. The van der Waals surface area contributed by atoms with Crippen LogP contribution in [0.1, 0.15) is 8.56 Å². The molecule has 0 unspecified atom stereocenters. The van der Waals surface area contributed by atoms with E-state index in [4.69, 9.17) is 9.79 Å². The van der Waals surface area contributed by atoms with Crippen molar-refractivity contribution in [2.75, 3.05) is 0 Å². The Hall–Kier alpha value is 4.71. The Kier molecular flexibility index (Phi) is 33.2. The van der Waals surface area contributed by atoms with Crippen LogP contribution < -0.4 is 0 Å². The van der Waals surface area contributed by atoms with Crippen molar-refractivity contribution < 1.29 is 27.0 Å². The molecule has 0 amide bonds. The summed E-state index contributed by atoms with van der Waals surface area (Å²) in [5, 5.41) is 0. The van der Waals surface area contributed by atoms with Crippen molar-refractivity contribution in [2.24, 2.45) is 0 Å². The molecule has 0 bridgehead atoms. The molecular weight excluding hydrogens is 395 g/mol. The normalized spacial score (nSPS) is 7.89. The number of rotatable bonds is 1. The van der Waals surface area contributed by atoms with Crippen LogP contribution >= 0.6 is 19.7 Å². The van der Waals surface area contributed by atoms with Crippen molar-refractivity contribution in [3.8, 4) is 0 Å². The summed E-state index contributed by atoms with van der Waals surface area (Å²) in [5.74, 6) is 0. The molecule has 0 aromatic heterocycles. The second kappa shape index (κ2) is 12.7. The average Bonchev–Trinajstić information content (AvgIpc) is 1.35. The van der Waals surface area contributed by atoms with Gasteiger partial charge in [-0.05, 0) is 0 Å². The Labute approximate surface area is 174 Å². The van der Waals surface area contributed by atoms with E-state index in [0.29, 0.717) is 0 Å². The third kappa shape index (κ3) is 24.5. The maximum atomic E-state index is 9.34. The third-order valence-corrected chi connectivity index (χ3v) is 0.809. The van der Waals surface area contributed by atoms with Gasteiger partial charge in [0, 0.05) is 0 Å². The Morgan fingerprint density at radius 2 is 1.67 bits per heavy atom. The Morgan fingerprint density at radius 3 is 1.67 bits per heavy atom. The van der Waals surface area contributed by atoms with E-state index in [1.807, 2.05) is 0 Å². The van der Waals surface area contributed by atoms with E-state index in [2.05, 4.69) is 15.9 Å². The van der Waals surface area contributed by atoms with Gasteiger partial charge in [-0.15, -0.1) is 0 Å². The van der Waals surface area contributed by atoms with Crippen LogP contribution in [0.15, 0.2) is 0 Å². The van der Waals surface area contributed by atoms with Crippen LogP contribution in [0.4, 0.5) is 0 Å². The molecule has 9 heavy (non-hydrogen) atoms.